The van der Waals surface area contributed by atoms with E-state index >= 15 is 0 Å². The summed E-state index contributed by atoms with van der Waals surface area (Å²) >= 11 is 0. The van der Waals surface area contributed by atoms with Gasteiger partial charge >= 0.3 is 17.9 Å². The van der Waals surface area contributed by atoms with Crippen molar-refractivity contribution in [1.29, 1.82) is 0 Å². The molecule has 5 atom stereocenters. The highest BCUT2D eigenvalue weighted by molar-refractivity contribution is 5.81. The summed E-state index contributed by atoms with van der Waals surface area (Å²) < 4.78 is 22.4. The zero-order valence-corrected chi connectivity index (χ0v) is 21.1. The highest BCUT2D eigenvalue weighted by Crippen LogP contribution is 2.65. The van der Waals surface area contributed by atoms with Crippen molar-refractivity contribution < 1.29 is 53.8 Å². The summed E-state index contributed by atoms with van der Waals surface area (Å²) in [5.74, 6) is -1.98. The molecular formula is C26H31NO11. The molecule has 2 bridgehead atoms. The van der Waals surface area contributed by atoms with Crippen LogP contribution in [0.1, 0.15) is 43.2 Å². The third-order valence-electron chi connectivity index (χ3n) is 8.30. The van der Waals surface area contributed by atoms with Gasteiger partial charge < -0.3 is 44.3 Å². The van der Waals surface area contributed by atoms with Crippen LogP contribution in [-0.2, 0) is 35.7 Å². The van der Waals surface area contributed by atoms with Gasteiger partial charge in [0.05, 0.1) is 31.0 Å². The average molecular weight is 534 g/mol. The zero-order valence-electron chi connectivity index (χ0n) is 21.1. The number of carbonyl (C=O) groups is 3. The van der Waals surface area contributed by atoms with Crippen molar-refractivity contribution in [3.05, 3.63) is 35.1 Å². The van der Waals surface area contributed by atoms with Gasteiger partial charge in [-0.15, -0.1) is 0 Å². The van der Waals surface area contributed by atoms with Crippen molar-refractivity contribution in [1.82, 2.24) is 4.90 Å². The quantitative estimate of drug-likeness (QED) is 0.248. The molecular weight excluding hydrogens is 502 g/mol. The molecule has 12 nitrogen and oxygen atoms in total. The summed E-state index contributed by atoms with van der Waals surface area (Å²) in [7, 11) is 3.53. The number of hydrogen-bond donors (Lipinski definition) is 4. The number of piperidine rings is 1. The topological polar surface area (TPSA) is 172 Å². The molecule has 2 aliphatic carbocycles. The number of aliphatic hydroxyl groups is 3. The molecule has 0 amide bonds. The Labute approximate surface area is 218 Å². The molecule has 1 aromatic rings. The van der Waals surface area contributed by atoms with Gasteiger partial charge in [0.1, 0.15) is 5.76 Å². The lowest BCUT2D eigenvalue weighted by Crippen LogP contribution is -2.74. The number of nitrogens with zero attached hydrogens (tertiary/aromatic N) is 1. The highest BCUT2D eigenvalue weighted by atomic mass is 16.6. The number of ether oxygens (including phenoxy) is 4. The maximum Gasteiger partial charge on any atom is 0.345 e. The lowest BCUT2D eigenvalue weighted by Gasteiger charge is -2.61. The number of likely N-dealkylation sites (tertiary alicyclic amines) is 1. The first-order valence-electron chi connectivity index (χ1n) is 12.5. The predicted molar refractivity (Wildman–Crippen MR) is 127 cm³/mol. The minimum atomic E-state index is -1.97. The van der Waals surface area contributed by atoms with Gasteiger partial charge in [-0.1, -0.05) is 6.07 Å². The molecule has 1 saturated heterocycles. The van der Waals surface area contributed by atoms with E-state index in [1.54, 1.807) is 13.2 Å². The largest absolute Gasteiger partial charge is 0.493 e. The molecule has 0 saturated carbocycles. The fourth-order valence-electron chi connectivity index (χ4n) is 6.58. The highest BCUT2D eigenvalue weighted by Gasteiger charge is 2.72. The summed E-state index contributed by atoms with van der Waals surface area (Å²) in [4.78, 5) is 38.2. The number of carboxylic acid groups (broad SMARTS) is 1. The molecule has 1 fully saturated rings. The molecule has 1 aromatic carbocycles. The van der Waals surface area contributed by atoms with Gasteiger partial charge in [0.15, 0.2) is 23.9 Å². The van der Waals surface area contributed by atoms with Gasteiger partial charge in [0.25, 0.3) is 0 Å². The maximum atomic E-state index is 12.7. The molecule has 4 N–H and O–H groups in total. The van der Waals surface area contributed by atoms with Crippen molar-refractivity contribution >= 4 is 17.9 Å². The van der Waals surface area contributed by atoms with E-state index in [1.165, 1.54) is 0 Å². The number of hydrogen-bond acceptors (Lipinski definition) is 11. The number of carboxylic acids is 1. The van der Waals surface area contributed by atoms with Crippen LogP contribution in [0.3, 0.4) is 0 Å². The van der Waals surface area contributed by atoms with E-state index in [0.29, 0.717) is 30.9 Å². The normalized spacial score (nSPS) is 29.6. The van der Waals surface area contributed by atoms with Crippen molar-refractivity contribution in [2.45, 2.75) is 74.1 Å². The van der Waals surface area contributed by atoms with E-state index in [2.05, 4.69) is 4.90 Å². The van der Waals surface area contributed by atoms with Crippen LogP contribution in [0.25, 0.3) is 0 Å². The van der Waals surface area contributed by atoms with E-state index in [-0.39, 0.29) is 18.2 Å². The number of benzene rings is 1. The number of methoxy groups -OCH3 is 1. The van der Waals surface area contributed by atoms with E-state index in [0.717, 1.165) is 11.1 Å². The van der Waals surface area contributed by atoms with Crippen LogP contribution in [0.5, 0.6) is 11.5 Å². The standard InChI is InChI=1S/C26H31NO11/c1-27-10-9-25-21-13-3-4-14(35-2)22(21)38-23(25)15(7-8-26(25,34)17(27)11-13)36-19(30)5-6-20(31)37-16(24(32)33)12-18(28)29/h3-4,7,16-18,23,28-29,34H,5-6,8-12H2,1-2H3,(H,32,33)/t16-,17-,23+,25+,26-/m1/s1. The number of aliphatic carboxylic acids is 1. The van der Waals surface area contributed by atoms with Gasteiger partial charge in [0, 0.05) is 24.4 Å². The second-order valence-corrected chi connectivity index (χ2v) is 10.3. The molecule has 0 aromatic heterocycles. The molecule has 4 aliphatic rings. The lowest BCUT2D eigenvalue weighted by molar-refractivity contribution is -0.172. The molecule has 1 spiro atoms. The van der Waals surface area contributed by atoms with Crippen LogP contribution in [0, 0.1) is 0 Å². The number of esters is 2. The Balaban J connectivity index is 1.35. The molecule has 38 heavy (non-hydrogen) atoms. The SMILES string of the molecule is COc1ccc2c3c1O[C@H]1C(OC(=O)CCC(=O)O[C@H](CC(O)O)C(=O)O)=CC[C@@]4(O)[C@@H](C2)N(C)CC[C@]314. The van der Waals surface area contributed by atoms with E-state index in [1.807, 2.05) is 19.2 Å². The maximum absolute atomic E-state index is 12.7. The van der Waals surface area contributed by atoms with Crippen LogP contribution >= 0.6 is 0 Å². The van der Waals surface area contributed by atoms with Crippen molar-refractivity contribution in [3.8, 4) is 11.5 Å². The molecule has 0 radical (unpaired) electrons. The Morgan fingerprint density at radius 2 is 1.95 bits per heavy atom. The zero-order chi connectivity index (χ0) is 27.4. The van der Waals surface area contributed by atoms with Crippen LogP contribution in [0.15, 0.2) is 24.0 Å². The fourth-order valence-corrected chi connectivity index (χ4v) is 6.58. The first-order chi connectivity index (χ1) is 18.0. The summed E-state index contributed by atoms with van der Waals surface area (Å²) in [6.45, 7) is 0.712. The molecule has 0 unspecified atom stereocenters. The van der Waals surface area contributed by atoms with Gasteiger partial charge in [-0.3, -0.25) is 9.59 Å². The van der Waals surface area contributed by atoms with Crippen molar-refractivity contribution in [2.24, 2.45) is 0 Å². The molecule has 2 heterocycles. The van der Waals surface area contributed by atoms with Crippen LogP contribution < -0.4 is 9.47 Å². The molecule has 2 aliphatic heterocycles. The van der Waals surface area contributed by atoms with Crippen molar-refractivity contribution in [3.63, 3.8) is 0 Å². The van der Waals surface area contributed by atoms with Gasteiger partial charge in [-0.05, 0) is 44.1 Å². The smallest absolute Gasteiger partial charge is 0.345 e. The summed E-state index contributed by atoms with van der Waals surface area (Å²) in [6.07, 6.45) is -2.95. The predicted octanol–water partition coefficient (Wildman–Crippen LogP) is -0.00650. The average Bonchev–Trinajstić information content (AvgIpc) is 3.21. The summed E-state index contributed by atoms with van der Waals surface area (Å²) in [5, 5.41) is 39.2. The third kappa shape index (κ3) is 3.94. The Morgan fingerprint density at radius 1 is 1.21 bits per heavy atom. The van der Waals surface area contributed by atoms with Crippen LogP contribution in [0.2, 0.25) is 0 Å². The molecule has 5 rings (SSSR count). The number of rotatable bonds is 9. The van der Waals surface area contributed by atoms with E-state index in [9.17, 15) is 19.5 Å². The van der Waals surface area contributed by atoms with Crippen molar-refractivity contribution in [2.75, 3.05) is 20.7 Å². The first-order valence-corrected chi connectivity index (χ1v) is 12.5. The summed E-state index contributed by atoms with van der Waals surface area (Å²) in [6, 6.07) is 3.67. The number of carbonyl (C=O) groups excluding carboxylic acids is 2. The van der Waals surface area contributed by atoms with Gasteiger partial charge in [0.2, 0.25) is 6.10 Å². The van der Waals surface area contributed by atoms with Crippen LogP contribution in [-0.4, -0.2) is 94.1 Å². The Hall–Kier alpha value is -3.19. The van der Waals surface area contributed by atoms with E-state index < -0.39 is 66.7 Å². The number of aliphatic hydroxyl groups excluding tert-OH is 1. The Kier molecular flexibility index (Phi) is 6.62. The second kappa shape index (κ2) is 9.53. The van der Waals surface area contributed by atoms with Gasteiger partial charge in [-0.25, -0.2) is 4.79 Å². The Bertz CT molecular complexity index is 1200. The Morgan fingerprint density at radius 3 is 2.63 bits per heavy atom. The van der Waals surface area contributed by atoms with Gasteiger partial charge in [-0.2, -0.15) is 0 Å². The second-order valence-electron chi connectivity index (χ2n) is 10.3. The van der Waals surface area contributed by atoms with E-state index in [4.69, 9.17) is 34.3 Å². The summed E-state index contributed by atoms with van der Waals surface area (Å²) in [5.41, 5.74) is -0.0476. The first kappa shape index (κ1) is 26.4. The minimum Gasteiger partial charge on any atom is -0.493 e. The minimum absolute atomic E-state index is 0.155. The molecule has 12 heteroatoms. The molecule has 206 valence electrons. The number of likely N-dealkylation sites (N-methyl/N-ethyl adjacent to an activating group) is 1. The third-order valence-corrected chi connectivity index (χ3v) is 8.30. The lowest BCUT2D eigenvalue weighted by atomic mass is 9.50. The monoisotopic (exact) mass is 533 g/mol. The van der Waals surface area contributed by atoms with Crippen LogP contribution in [0.4, 0.5) is 0 Å². The fraction of sp³-hybridized carbons (Fsp3) is 0.577.